The van der Waals surface area contributed by atoms with Gasteiger partial charge in [-0.3, -0.25) is 4.79 Å². The molecule has 3 rings (SSSR count). The SMILES string of the molecule is Cc1ccc(NC(=O)[C@H]2CCCN2S(=O)(=O)c2ccc(Cl)s2)c(Cl)c1. The predicted octanol–water partition coefficient (Wildman–Crippen LogP) is 4.16. The van der Waals surface area contributed by atoms with Crippen molar-refractivity contribution < 1.29 is 13.2 Å². The van der Waals surface area contributed by atoms with E-state index in [9.17, 15) is 13.2 Å². The molecular weight excluding hydrogens is 403 g/mol. The second-order valence-corrected chi connectivity index (χ2v) is 10.0. The van der Waals surface area contributed by atoms with E-state index in [4.69, 9.17) is 23.2 Å². The molecule has 134 valence electrons. The molecule has 1 aromatic heterocycles. The van der Waals surface area contributed by atoms with Gasteiger partial charge in [-0.25, -0.2) is 8.42 Å². The standard InChI is InChI=1S/C16H16Cl2N2O3S2/c1-10-4-5-12(11(17)9-10)19-16(21)13-3-2-8-20(13)25(22,23)15-7-6-14(18)24-15/h4-7,9,13H,2-3,8H2,1H3,(H,19,21)/t13-/m1/s1. The zero-order valence-electron chi connectivity index (χ0n) is 13.3. The van der Waals surface area contributed by atoms with Gasteiger partial charge >= 0.3 is 0 Å². The number of hydrogen-bond donors (Lipinski definition) is 1. The number of carbonyl (C=O) groups excluding carboxylic acids is 1. The maximum Gasteiger partial charge on any atom is 0.253 e. The minimum atomic E-state index is -3.75. The van der Waals surface area contributed by atoms with Gasteiger partial charge in [-0.15, -0.1) is 11.3 Å². The van der Waals surface area contributed by atoms with Crippen molar-refractivity contribution in [3.63, 3.8) is 0 Å². The third-order valence-corrected chi connectivity index (χ3v) is 7.92. The van der Waals surface area contributed by atoms with Crippen molar-refractivity contribution in [1.29, 1.82) is 0 Å². The molecule has 2 aromatic rings. The third-order valence-electron chi connectivity index (χ3n) is 4.00. The van der Waals surface area contributed by atoms with Gasteiger partial charge in [-0.2, -0.15) is 4.31 Å². The Hall–Kier alpha value is -1.12. The van der Waals surface area contributed by atoms with Gasteiger partial charge in [0, 0.05) is 6.54 Å². The van der Waals surface area contributed by atoms with Gasteiger partial charge < -0.3 is 5.32 Å². The van der Waals surface area contributed by atoms with Crippen molar-refractivity contribution >= 4 is 56.2 Å². The highest BCUT2D eigenvalue weighted by atomic mass is 35.5. The van der Waals surface area contributed by atoms with Gasteiger partial charge in [-0.05, 0) is 49.6 Å². The first-order chi connectivity index (χ1) is 11.8. The van der Waals surface area contributed by atoms with Crippen LogP contribution in [0, 0.1) is 6.92 Å². The Kier molecular flexibility index (Phi) is 5.41. The van der Waals surface area contributed by atoms with Gasteiger partial charge in [0.05, 0.1) is 15.0 Å². The average molecular weight is 419 g/mol. The van der Waals surface area contributed by atoms with Crippen LogP contribution >= 0.6 is 34.5 Å². The molecule has 0 saturated carbocycles. The average Bonchev–Trinajstić information content (AvgIpc) is 3.19. The van der Waals surface area contributed by atoms with E-state index in [2.05, 4.69) is 5.32 Å². The lowest BCUT2D eigenvalue weighted by molar-refractivity contribution is -0.119. The van der Waals surface area contributed by atoms with Crippen molar-refractivity contribution in [2.75, 3.05) is 11.9 Å². The number of benzene rings is 1. The number of rotatable bonds is 4. The van der Waals surface area contributed by atoms with E-state index in [1.807, 2.05) is 13.0 Å². The first-order valence-corrected chi connectivity index (χ1v) is 10.6. The zero-order valence-corrected chi connectivity index (χ0v) is 16.5. The van der Waals surface area contributed by atoms with Crippen LogP contribution in [0.3, 0.4) is 0 Å². The second-order valence-electron chi connectivity index (χ2n) is 5.80. The third kappa shape index (κ3) is 3.85. The Morgan fingerprint density at radius 1 is 1.28 bits per heavy atom. The highest BCUT2D eigenvalue weighted by molar-refractivity contribution is 7.91. The largest absolute Gasteiger partial charge is 0.323 e. The van der Waals surface area contributed by atoms with Crippen LogP contribution in [0.4, 0.5) is 5.69 Å². The van der Waals surface area contributed by atoms with E-state index in [0.717, 1.165) is 16.9 Å². The number of amides is 1. The second kappa shape index (κ2) is 7.25. The number of carbonyl (C=O) groups is 1. The molecule has 1 atom stereocenters. The fourth-order valence-electron chi connectivity index (χ4n) is 2.78. The van der Waals surface area contributed by atoms with Crippen LogP contribution in [-0.4, -0.2) is 31.2 Å². The highest BCUT2D eigenvalue weighted by Gasteiger charge is 2.40. The summed E-state index contributed by atoms with van der Waals surface area (Å²) in [4.78, 5) is 12.6. The monoisotopic (exact) mass is 418 g/mol. The normalized spacial score (nSPS) is 18.4. The van der Waals surface area contributed by atoms with Crippen molar-refractivity contribution in [1.82, 2.24) is 4.31 Å². The molecule has 0 unspecified atom stereocenters. The zero-order chi connectivity index (χ0) is 18.2. The van der Waals surface area contributed by atoms with Gasteiger partial charge in [0.25, 0.3) is 10.0 Å². The molecule has 1 aromatic carbocycles. The minimum absolute atomic E-state index is 0.144. The van der Waals surface area contributed by atoms with Crippen LogP contribution in [-0.2, 0) is 14.8 Å². The Balaban J connectivity index is 1.82. The van der Waals surface area contributed by atoms with Crippen LogP contribution in [0.25, 0.3) is 0 Å². The molecule has 0 spiro atoms. The van der Waals surface area contributed by atoms with Crippen molar-refractivity contribution in [2.45, 2.75) is 30.0 Å². The van der Waals surface area contributed by atoms with Crippen LogP contribution in [0.5, 0.6) is 0 Å². The summed E-state index contributed by atoms with van der Waals surface area (Å²) in [5.41, 5.74) is 1.45. The molecule has 9 heteroatoms. The fraction of sp³-hybridized carbons (Fsp3) is 0.312. The highest BCUT2D eigenvalue weighted by Crippen LogP contribution is 2.33. The molecular formula is C16H16Cl2N2O3S2. The molecule has 2 heterocycles. The van der Waals surface area contributed by atoms with Crippen molar-refractivity contribution in [3.05, 3.63) is 45.3 Å². The number of nitrogens with one attached hydrogen (secondary N) is 1. The summed E-state index contributed by atoms with van der Waals surface area (Å²) < 4.78 is 27.4. The molecule has 1 aliphatic heterocycles. The number of anilines is 1. The van der Waals surface area contributed by atoms with E-state index in [-0.39, 0.29) is 10.1 Å². The van der Waals surface area contributed by atoms with E-state index in [1.165, 1.54) is 16.4 Å². The minimum Gasteiger partial charge on any atom is -0.323 e. The lowest BCUT2D eigenvalue weighted by Crippen LogP contribution is -2.42. The summed E-state index contributed by atoms with van der Waals surface area (Å²) in [6, 6.07) is 7.53. The summed E-state index contributed by atoms with van der Waals surface area (Å²) >= 11 is 13.0. The first-order valence-electron chi connectivity index (χ1n) is 7.63. The molecule has 1 aliphatic rings. The number of hydrogen-bond acceptors (Lipinski definition) is 4. The summed E-state index contributed by atoms with van der Waals surface area (Å²) in [5, 5.41) is 3.16. The van der Waals surface area contributed by atoms with Crippen LogP contribution in [0.1, 0.15) is 18.4 Å². The number of sulfonamides is 1. The predicted molar refractivity (Wildman–Crippen MR) is 101 cm³/mol. The van der Waals surface area contributed by atoms with Crippen LogP contribution in [0.2, 0.25) is 9.36 Å². The lowest BCUT2D eigenvalue weighted by Gasteiger charge is -2.23. The first kappa shape index (κ1) is 18.7. The van der Waals surface area contributed by atoms with E-state index >= 15 is 0 Å². The van der Waals surface area contributed by atoms with E-state index < -0.39 is 16.1 Å². The number of nitrogens with zero attached hydrogens (tertiary/aromatic N) is 1. The number of thiophene rings is 1. The number of halogens is 2. The maximum atomic E-state index is 12.8. The summed E-state index contributed by atoms with van der Waals surface area (Å²) in [7, 11) is -3.75. The van der Waals surface area contributed by atoms with Crippen LogP contribution in [0.15, 0.2) is 34.5 Å². The summed E-state index contributed by atoms with van der Waals surface area (Å²) in [6.07, 6.45) is 1.09. The molecule has 0 bridgehead atoms. The molecule has 25 heavy (non-hydrogen) atoms. The number of aryl methyl sites for hydroxylation is 1. The molecule has 5 nitrogen and oxygen atoms in total. The maximum absolute atomic E-state index is 12.8. The Labute approximate surface area is 160 Å². The molecule has 0 aliphatic carbocycles. The Bertz CT molecular complexity index is 912. The Morgan fingerprint density at radius 2 is 2.04 bits per heavy atom. The van der Waals surface area contributed by atoms with Gasteiger partial charge in [0.1, 0.15) is 10.3 Å². The molecule has 1 saturated heterocycles. The molecule has 1 amide bonds. The molecule has 0 radical (unpaired) electrons. The van der Waals surface area contributed by atoms with Crippen molar-refractivity contribution in [3.8, 4) is 0 Å². The summed E-state index contributed by atoms with van der Waals surface area (Å²) in [6.45, 7) is 2.20. The van der Waals surface area contributed by atoms with Crippen molar-refractivity contribution in [2.24, 2.45) is 0 Å². The topological polar surface area (TPSA) is 66.5 Å². The van der Waals surface area contributed by atoms with Gasteiger partial charge in [-0.1, -0.05) is 29.3 Å². The molecule has 1 N–H and O–H groups in total. The lowest BCUT2D eigenvalue weighted by atomic mass is 10.2. The van der Waals surface area contributed by atoms with E-state index in [1.54, 1.807) is 12.1 Å². The van der Waals surface area contributed by atoms with Crippen LogP contribution < -0.4 is 5.32 Å². The summed E-state index contributed by atoms with van der Waals surface area (Å²) in [5.74, 6) is -0.380. The fourth-order valence-corrected chi connectivity index (χ4v) is 6.33. The van der Waals surface area contributed by atoms with Gasteiger partial charge in [0.2, 0.25) is 5.91 Å². The smallest absolute Gasteiger partial charge is 0.253 e. The quantitative estimate of drug-likeness (QED) is 0.810. The Morgan fingerprint density at radius 3 is 2.68 bits per heavy atom. The van der Waals surface area contributed by atoms with E-state index in [0.29, 0.717) is 34.4 Å². The van der Waals surface area contributed by atoms with Gasteiger partial charge in [0.15, 0.2) is 0 Å². The molecule has 1 fully saturated rings.